The fraction of sp³-hybridized carbons (Fsp3) is 0.364. The van der Waals surface area contributed by atoms with Crippen molar-refractivity contribution in [2.24, 2.45) is 5.92 Å². The van der Waals surface area contributed by atoms with Gasteiger partial charge in [-0.15, -0.1) is 11.8 Å². The molecule has 3 aromatic rings. The van der Waals surface area contributed by atoms with Gasteiger partial charge in [0.1, 0.15) is 5.82 Å². The van der Waals surface area contributed by atoms with Gasteiger partial charge in [-0.05, 0) is 55.2 Å². The first-order valence-electron chi connectivity index (χ1n) is 10.00. The van der Waals surface area contributed by atoms with Gasteiger partial charge in [-0.25, -0.2) is 9.37 Å². The summed E-state index contributed by atoms with van der Waals surface area (Å²) in [5.74, 6) is -0.926. The summed E-state index contributed by atoms with van der Waals surface area (Å²) in [5.41, 5.74) is 0.810. The molecule has 0 N–H and O–H groups in total. The van der Waals surface area contributed by atoms with Crippen molar-refractivity contribution in [1.82, 2.24) is 14.5 Å². The molecular weight excluding hydrogens is 430 g/mol. The molecule has 0 unspecified atom stereocenters. The van der Waals surface area contributed by atoms with E-state index in [1.807, 2.05) is 0 Å². The molecule has 4 rings (SSSR count). The van der Waals surface area contributed by atoms with Crippen molar-refractivity contribution >= 4 is 28.7 Å². The van der Waals surface area contributed by atoms with E-state index in [4.69, 9.17) is 0 Å². The number of para-hydroxylation sites is 2. The Morgan fingerprint density at radius 2 is 1.74 bits per heavy atom. The SMILES string of the molecule is O=C(CSc1ccc(F)cc1)N1CCC(Cn2c(C(F)(F)F)nc3ccccc32)CC1. The predicted octanol–water partition coefficient (Wildman–Crippen LogP) is 5.23. The van der Waals surface area contributed by atoms with E-state index in [-0.39, 0.29) is 29.9 Å². The number of amides is 1. The predicted molar refractivity (Wildman–Crippen MR) is 111 cm³/mol. The minimum atomic E-state index is -4.52. The molecule has 0 atom stereocenters. The first-order chi connectivity index (χ1) is 14.8. The Morgan fingerprint density at radius 1 is 1.06 bits per heavy atom. The van der Waals surface area contributed by atoms with Crippen LogP contribution in [0.5, 0.6) is 0 Å². The van der Waals surface area contributed by atoms with E-state index in [1.165, 1.54) is 28.5 Å². The first kappa shape index (κ1) is 21.7. The van der Waals surface area contributed by atoms with Crippen LogP contribution in [0.2, 0.25) is 0 Å². The Bertz CT molecular complexity index is 1060. The average Bonchev–Trinajstić information content (AvgIpc) is 3.13. The fourth-order valence-electron chi connectivity index (χ4n) is 3.87. The minimum Gasteiger partial charge on any atom is -0.342 e. The highest BCUT2D eigenvalue weighted by atomic mass is 32.2. The van der Waals surface area contributed by atoms with Crippen molar-refractivity contribution in [1.29, 1.82) is 0 Å². The first-order valence-corrected chi connectivity index (χ1v) is 11.0. The standard InChI is InChI=1S/C22H21F4N3OS/c23-16-5-7-17(8-6-16)31-14-20(30)28-11-9-15(10-12-28)13-29-19-4-2-1-3-18(19)27-21(29)22(24,25)26/h1-8,15H,9-14H2. The zero-order chi connectivity index (χ0) is 22.0. The molecule has 1 aromatic heterocycles. The lowest BCUT2D eigenvalue weighted by molar-refractivity contribution is -0.147. The number of thioether (sulfide) groups is 1. The number of benzene rings is 2. The van der Waals surface area contributed by atoms with Crippen LogP contribution >= 0.6 is 11.8 Å². The van der Waals surface area contributed by atoms with E-state index < -0.39 is 12.0 Å². The smallest absolute Gasteiger partial charge is 0.342 e. The summed E-state index contributed by atoms with van der Waals surface area (Å²) in [4.78, 5) is 18.9. The number of rotatable bonds is 5. The van der Waals surface area contributed by atoms with E-state index in [0.717, 1.165) is 4.90 Å². The van der Waals surface area contributed by atoms with Gasteiger partial charge in [-0.1, -0.05) is 12.1 Å². The highest BCUT2D eigenvalue weighted by Crippen LogP contribution is 2.33. The molecule has 0 spiro atoms. The molecule has 1 aliphatic heterocycles. The van der Waals surface area contributed by atoms with Gasteiger partial charge >= 0.3 is 6.18 Å². The van der Waals surface area contributed by atoms with Gasteiger partial charge in [0.2, 0.25) is 11.7 Å². The van der Waals surface area contributed by atoms with E-state index in [0.29, 0.717) is 37.0 Å². The lowest BCUT2D eigenvalue weighted by atomic mass is 9.96. The summed E-state index contributed by atoms with van der Waals surface area (Å²) >= 11 is 1.35. The lowest BCUT2D eigenvalue weighted by Crippen LogP contribution is -2.40. The van der Waals surface area contributed by atoms with Gasteiger partial charge in [0, 0.05) is 24.5 Å². The van der Waals surface area contributed by atoms with Gasteiger partial charge < -0.3 is 9.47 Å². The number of piperidine rings is 1. The minimum absolute atomic E-state index is 0.0168. The number of fused-ring (bicyclic) bond motifs is 1. The number of aromatic nitrogens is 2. The van der Waals surface area contributed by atoms with Crippen LogP contribution in [0.3, 0.4) is 0 Å². The third-order valence-electron chi connectivity index (χ3n) is 5.49. The lowest BCUT2D eigenvalue weighted by Gasteiger charge is -2.32. The van der Waals surface area contributed by atoms with Gasteiger partial charge in [0.15, 0.2) is 0 Å². The fourth-order valence-corrected chi connectivity index (χ4v) is 4.67. The largest absolute Gasteiger partial charge is 0.449 e. The molecule has 0 radical (unpaired) electrons. The molecule has 4 nitrogen and oxygen atoms in total. The van der Waals surface area contributed by atoms with Crippen LogP contribution in [0.25, 0.3) is 11.0 Å². The van der Waals surface area contributed by atoms with Crippen molar-refractivity contribution in [3.05, 3.63) is 60.2 Å². The van der Waals surface area contributed by atoms with Crippen LogP contribution in [0, 0.1) is 11.7 Å². The monoisotopic (exact) mass is 451 g/mol. The summed E-state index contributed by atoms with van der Waals surface area (Å²) in [7, 11) is 0. The summed E-state index contributed by atoms with van der Waals surface area (Å²) in [6.07, 6.45) is -3.25. The number of hydrogen-bond donors (Lipinski definition) is 0. The van der Waals surface area contributed by atoms with Crippen LogP contribution in [-0.2, 0) is 17.5 Å². The number of imidazole rings is 1. The summed E-state index contributed by atoms with van der Waals surface area (Å²) < 4.78 is 54.7. The highest BCUT2D eigenvalue weighted by Gasteiger charge is 2.38. The zero-order valence-electron chi connectivity index (χ0n) is 16.6. The van der Waals surface area contributed by atoms with Gasteiger partial charge in [-0.3, -0.25) is 4.79 Å². The zero-order valence-corrected chi connectivity index (χ0v) is 17.4. The van der Waals surface area contributed by atoms with Crippen molar-refractivity contribution in [3.8, 4) is 0 Å². The van der Waals surface area contributed by atoms with Crippen molar-refractivity contribution < 1.29 is 22.4 Å². The van der Waals surface area contributed by atoms with E-state index >= 15 is 0 Å². The second kappa shape index (κ2) is 8.90. The maximum atomic E-state index is 13.5. The quantitative estimate of drug-likeness (QED) is 0.394. The van der Waals surface area contributed by atoms with Crippen LogP contribution in [0.4, 0.5) is 17.6 Å². The molecule has 1 aliphatic rings. The third-order valence-corrected chi connectivity index (χ3v) is 6.49. The molecule has 2 heterocycles. The molecule has 0 aliphatic carbocycles. The number of alkyl halides is 3. The summed E-state index contributed by atoms with van der Waals surface area (Å²) in [6.45, 7) is 1.25. The Hall–Kier alpha value is -2.55. The number of likely N-dealkylation sites (tertiary alicyclic amines) is 1. The van der Waals surface area contributed by atoms with Crippen molar-refractivity contribution in [3.63, 3.8) is 0 Å². The van der Waals surface area contributed by atoms with Gasteiger partial charge in [0.25, 0.3) is 0 Å². The van der Waals surface area contributed by atoms with Gasteiger partial charge in [0.05, 0.1) is 16.8 Å². The molecule has 31 heavy (non-hydrogen) atoms. The number of nitrogens with zero attached hydrogens (tertiary/aromatic N) is 3. The highest BCUT2D eigenvalue weighted by molar-refractivity contribution is 8.00. The molecule has 0 saturated carbocycles. The Balaban J connectivity index is 1.36. The maximum Gasteiger partial charge on any atom is 0.449 e. The molecule has 9 heteroatoms. The number of carbonyl (C=O) groups excluding carboxylic acids is 1. The Kier molecular flexibility index (Phi) is 6.22. The average molecular weight is 451 g/mol. The topological polar surface area (TPSA) is 38.1 Å². The van der Waals surface area contributed by atoms with E-state index in [9.17, 15) is 22.4 Å². The Labute approximate surface area is 181 Å². The normalized spacial score (nSPS) is 15.5. The maximum absolute atomic E-state index is 13.5. The van der Waals surface area contributed by atoms with Crippen LogP contribution in [0.15, 0.2) is 53.4 Å². The number of halogens is 4. The second-order valence-corrected chi connectivity index (χ2v) is 8.65. The second-order valence-electron chi connectivity index (χ2n) is 7.60. The molecular formula is C22H21F4N3OS. The van der Waals surface area contributed by atoms with Crippen molar-refractivity contribution in [2.75, 3.05) is 18.8 Å². The molecule has 0 bridgehead atoms. The van der Waals surface area contributed by atoms with E-state index in [2.05, 4.69) is 4.98 Å². The Morgan fingerprint density at radius 3 is 2.42 bits per heavy atom. The van der Waals surface area contributed by atoms with E-state index in [1.54, 1.807) is 41.3 Å². The van der Waals surface area contributed by atoms with Gasteiger partial charge in [-0.2, -0.15) is 13.2 Å². The number of carbonyl (C=O) groups is 1. The molecule has 1 amide bonds. The molecule has 164 valence electrons. The van der Waals surface area contributed by atoms with Crippen LogP contribution in [0.1, 0.15) is 18.7 Å². The van der Waals surface area contributed by atoms with Crippen molar-refractivity contribution in [2.45, 2.75) is 30.5 Å². The molecule has 1 fully saturated rings. The summed E-state index contributed by atoms with van der Waals surface area (Å²) in [6, 6.07) is 12.6. The van der Waals surface area contributed by atoms with Crippen LogP contribution < -0.4 is 0 Å². The molecule has 1 saturated heterocycles. The number of hydrogen-bond acceptors (Lipinski definition) is 3. The van der Waals surface area contributed by atoms with Crippen LogP contribution in [-0.4, -0.2) is 39.2 Å². The molecule has 2 aromatic carbocycles. The third kappa shape index (κ3) is 5.03. The summed E-state index contributed by atoms with van der Waals surface area (Å²) in [5, 5.41) is 0.